The Morgan fingerprint density at radius 1 is 1.33 bits per heavy atom. The minimum atomic E-state index is -0.986. The Morgan fingerprint density at radius 2 is 2.13 bits per heavy atom. The molecule has 1 heterocycles. The molecule has 74 valence electrons. The summed E-state index contributed by atoms with van der Waals surface area (Å²) in [7, 11) is 0. The molecule has 2 rings (SSSR count). The summed E-state index contributed by atoms with van der Waals surface area (Å²) >= 11 is 0. The Morgan fingerprint density at radius 3 is 2.93 bits per heavy atom. The van der Waals surface area contributed by atoms with Crippen LogP contribution in [0.4, 0.5) is 0 Å². The Hall–Kier alpha value is -2.30. The van der Waals surface area contributed by atoms with Gasteiger partial charge in [-0.3, -0.25) is 4.79 Å². The number of hydrogen-bond donors (Lipinski definition) is 0. The van der Waals surface area contributed by atoms with E-state index in [9.17, 15) is 9.59 Å². The van der Waals surface area contributed by atoms with Crippen LogP contribution in [0, 0.1) is 0 Å². The van der Waals surface area contributed by atoms with Gasteiger partial charge in [0.1, 0.15) is 0 Å². The number of esters is 1. The summed E-state index contributed by atoms with van der Waals surface area (Å²) in [6.07, 6.45) is 1.64. The van der Waals surface area contributed by atoms with Crippen LogP contribution < -0.4 is 4.74 Å². The molecule has 0 amide bonds. The molecule has 0 aliphatic rings. The molecule has 1 aromatic carbocycles. The van der Waals surface area contributed by atoms with Crippen molar-refractivity contribution >= 4 is 23.0 Å². The van der Waals surface area contributed by atoms with Crippen molar-refractivity contribution in [1.82, 2.24) is 10.2 Å². The number of fused-ring (bicyclic) bond motifs is 1. The second-order valence-corrected chi connectivity index (χ2v) is 2.78. The summed E-state index contributed by atoms with van der Waals surface area (Å²) in [6.45, 7) is 0. The topological polar surface area (TPSA) is 69.2 Å². The first-order valence-corrected chi connectivity index (χ1v) is 4.18. The molecule has 5 heteroatoms. The van der Waals surface area contributed by atoms with E-state index in [1.165, 1.54) is 0 Å². The standard InChI is InChI=1S/C10H6N2O3/c13-6-9(14)15-10-8-4-2-1-3-7(8)5-11-12-10/h1-6H. The van der Waals surface area contributed by atoms with Gasteiger partial charge in [0.15, 0.2) is 0 Å². The monoisotopic (exact) mass is 202 g/mol. The zero-order chi connectivity index (χ0) is 10.7. The molecule has 15 heavy (non-hydrogen) atoms. The normalized spacial score (nSPS) is 9.87. The molecule has 0 aliphatic heterocycles. The second-order valence-electron chi connectivity index (χ2n) is 2.78. The van der Waals surface area contributed by atoms with Gasteiger partial charge in [-0.05, 0) is 6.07 Å². The molecule has 0 unspecified atom stereocenters. The van der Waals surface area contributed by atoms with Gasteiger partial charge in [-0.15, -0.1) is 5.10 Å². The molecular weight excluding hydrogens is 196 g/mol. The predicted molar refractivity (Wildman–Crippen MR) is 51.2 cm³/mol. The quantitative estimate of drug-likeness (QED) is 0.408. The molecule has 0 saturated heterocycles. The number of carbonyl (C=O) groups excluding carboxylic acids is 2. The van der Waals surface area contributed by atoms with Crippen molar-refractivity contribution in [2.45, 2.75) is 0 Å². The highest BCUT2D eigenvalue weighted by Crippen LogP contribution is 2.20. The zero-order valence-corrected chi connectivity index (χ0v) is 7.58. The lowest BCUT2D eigenvalue weighted by Crippen LogP contribution is -2.10. The third-order valence-corrected chi connectivity index (χ3v) is 1.83. The van der Waals surface area contributed by atoms with E-state index in [-0.39, 0.29) is 12.2 Å². The molecule has 0 saturated carbocycles. The zero-order valence-electron chi connectivity index (χ0n) is 7.58. The molecule has 0 N–H and O–H groups in total. The van der Waals surface area contributed by atoms with Gasteiger partial charge in [0.25, 0.3) is 0 Å². The maximum absolute atomic E-state index is 10.8. The van der Waals surface area contributed by atoms with E-state index < -0.39 is 5.97 Å². The average molecular weight is 202 g/mol. The fourth-order valence-electron chi connectivity index (χ4n) is 1.20. The maximum atomic E-state index is 10.8. The minimum absolute atomic E-state index is 0.0465. The minimum Gasteiger partial charge on any atom is -0.400 e. The van der Waals surface area contributed by atoms with Gasteiger partial charge >= 0.3 is 5.97 Å². The van der Waals surface area contributed by atoms with Crippen LogP contribution in [0.5, 0.6) is 5.88 Å². The second kappa shape index (κ2) is 3.83. The van der Waals surface area contributed by atoms with E-state index in [0.29, 0.717) is 5.39 Å². The number of carbonyl (C=O) groups is 2. The number of ether oxygens (including phenoxy) is 1. The lowest BCUT2D eigenvalue weighted by atomic mass is 10.2. The summed E-state index contributed by atoms with van der Waals surface area (Å²) in [5.41, 5.74) is 0. The lowest BCUT2D eigenvalue weighted by Gasteiger charge is -2.01. The SMILES string of the molecule is O=CC(=O)Oc1nncc2ccccc12. The number of hydrogen-bond acceptors (Lipinski definition) is 5. The van der Waals surface area contributed by atoms with Crippen molar-refractivity contribution < 1.29 is 14.3 Å². The van der Waals surface area contributed by atoms with Gasteiger partial charge in [0.05, 0.1) is 6.20 Å². The summed E-state index contributed by atoms with van der Waals surface area (Å²) < 4.78 is 4.70. The van der Waals surface area contributed by atoms with Crippen LogP contribution in [-0.2, 0) is 9.59 Å². The van der Waals surface area contributed by atoms with Crippen molar-refractivity contribution in [2.75, 3.05) is 0 Å². The van der Waals surface area contributed by atoms with Crippen LogP contribution in [0.3, 0.4) is 0 Å². The number of aromatic nitrogens is 2. The van der Waals surface area contributed by atoms with E-state index in [1.54, 1.807) is 18.3 Å². The molecule has 2 aromatic rings. The van der Waals surface area contributed by atoms with Crippen molar-refractivity contribution in [1.29, 1.82) is 0 Å². The fraction of sp³-hybridized carbons (Fsp3) is 0. The third kappa shape index (κ3) is 1.80. The highest BCUT2D eigenvalue weighted by Gasteiger charge is 2.08. The first-order valence-electron chi connectivity index (χ1n) is 4.18. The molecular formula is C10H6N2O3. The van der Waals surface area contributed by atoms with E-state index in [0.717, 1.165) is 5.39 Å². The molecule has 0 atom stereocenters. The number of aldehydes is 1. The van der Waals surface area contributed by atoms with Crippen molar-refractivity contribution in [3.63, 3.8) is 0 Å². The first kappa shape index (κ1) is 9.26. The molecule has 0 fully saturated rings. The van der Waals surface area contributed by atoms with Gasteiger partial charge in [-0.25, -0.2) is 4.79 Å². The largest absolute Gasteiger partial charge is 0.400 e. The highest BCUT2D eigenvalue weighted by atomic mass is 16.5. The summed E-state index contributed by atoms with van der Waals surface area (Å²) in [5, 5.41) is 8.73. The van der Waals surface area contributed by atoms with Gasteiger partial charge in [0.2, 0.25) is 12.2 Å². The van der Waals surface area contributed by atoms with Gasteiger partial charge < -0.3 is 4.74 Å². The summed E-state index contributed by atoms with van der Waals surface area (Å²) in [6, 6.07) is 7.15. The molecule has 0 aliphatic carbocycles. The predicted octanol–water partition coefficient (Wildman–Crippen LogP) is 0.734. The van der Waals surface area contributed by atoms with Gasteiger partial charge in [-0.1, -0.05) is 18.2 Å². The van der Waals surface area contributed by atoms with E-state index in [1.807, 2.05) is 12.1 Å². The molecule has 5 nitrogen and oxygen atoms in total. The highest BCUT2D eigenvalue weighted by molar-refractivity contribution is 6.21. The molecule has 0 spiro atoms. The smallest absolute Gasteiger partial charge is 0.378 e. The van der Waals surface area contributed by atoms with Crippen LogP contribution in [0.1, 0.15) is 0 Å². The number of benzene rings is 1. The summed E-state index contributed by atoms with van der Waals surface area (Å²) in [4.78, 5) is 20.9. The van der Waals surface area contributed by atoms with Crippen LogP contribution in [-0.4, -0.2) is 22.5 Å². The third-order valence-electron chi connectivity index (χ3n) is 1.83. The van der Waals surface area contributed by atoms with Crippen LogP contribution in [0.2, 0.25) is 0 Å². The fourth-order valence-corrected chi connectivity index (χ4v) is 1.20. The van der Waals surface area contributed by atoms with Crippen molar-refractivity contribution in [3.05, 3.63) is 30.5 Å². The lowest BCUT2D eigenvalue weighted by molar-refractivity contribution is -0.141. The maximum Gasteiger partial charge on any atom is 0.378 e. The first-order chi connectivity index (χ1) is 7.31. The number of rotatable bonds is 2. The Kier molecular flexibility index (Phi) is 2.37. The van der Waals surface area contributed by atoms with E-state index >= 15 is 0 Å². The van der Waals surface area contributed by atoms with Crippen LogP contribution >= 0.6 is 0 Å². The van der Waals surface area contributed by atoms with E-state index in [2.05, 4.69) is 10.2 Å². The Labute approximate surface area is 84.7 Å². The van der Waals surface area contributed by atoms with Crippen LogP contribution in [0.25, 0.3) is 10.8 Å². The Balaban J connectivity index is 2.51. The van der Waals surface area contributed by atoms with Crippen LogP contribution in [0.15, 0.2) is 30.5 Å². The summed E-state index contributed by atoms with van der Waals surface area (Å²) in [5.74, 6) is -0.939. The average Bonchev–Trinajstić information content (AvgIpc) is 2.29. The van der Waals surface area contributed by atoms with E-state index in [4.69, 9.17) is 4.74 Å². The van der Waals surface area contributed by atoms with Gasteiger partial charge in [0, 0.05) is 10.8 Å². The van der Waals surface area contributed by atoms with Crippen molar-refractivity contribution in [2.24, 2.45) is 0 Å². The Bertz CT molecular complexity index is 520. The van der Waals surface area contributed by atoms with Crippen molar-refractivity contribution in [3.8, 4) is 5.88 Å². The molecule has 0 radical (unpaired) electrons. The molecule has 0 bridgehead atoms. The molecule has 1 aromatic heterocycles. The van der Waals surface area contributed by atoms with Gasteiger partial charge in [-0.2, -0.15) is 5.10 Å². The number of nitrogens with zero attached hydrogens (tertiary/aromatic N) is 2.